The summed E-state index contributed by atoms with van der Waals surface area (Å²) in [6.07, 6.45) is 0. The Bertz CT molecular complexity index is 684. The van der Waals surface area contributed by atoms with Gasteiger partial charge in [-0.3, -0.25) is 0 Å². The summed E-state index contributed by atoms with van der Waals surface area (Å²) in [6.45, 7) is 0. The van der Waals surface area contributed by atoms with Gasteiger partial charge in [-0.2, -0.15) is 0 Å². The van der Waals surface area contributed by atoms with E-state index in [1.54, 1.807) is 0 Å². The molecular weight excluding hydrogens is 248 g/mol. The highest BCUT2D eigenvalue weighted by Gasteiger charge is 2.19. The molecule has 0 fully saturated rings. The third kappa shape index (κ3) is 1.86. The Kier molecular flexibility index (Phi) is 2.66. The number of carboxylic acids is 2. The Hall–Kier alpha value is -2.57. The molecule has 1 aromatic carbocycles. The number of halogens is 2. The molecule has 0 aliphatic carbocycles. The van der Waals surface area contributed by atoms with Crippen LogP contribution < -0.4 is 0 Å². The monoisotopic (exact) mass is 253 g/mol. The first-order valence-electron chi connectivity index (χ1n) is 4.66. The van der Waals surface area contributed by atoms with E-state index in [0.717, 1.165) is 12.1 Å². The van der Waals surface area contributed by atoms with Crippen molar-refractivity contribution < 1.29 is 28.6 Å². The zero-order chi connectivity index (χ0) is 13.4. The Balaban J connectivity index is 2.94. The third-order valence-electron chi connectivity index (χ3n) is 2.28. The molecule has 2 N–H and O–H groups in total. The Morgan fingerprint density at radius 3 is 2.28 bits per heavy atom. The lowest BCUT2D eigenvalue weighted by atomic mass is 10.1. The van der Waals surface area contributed by atoms with Gasteiger partial charge in [0.2, 0.25) is 0 Å². The van der Waals surface area contributed by atoms with Crippen LogP contribution in [-0.2, 0) is 0 Å². The molecule has 0 atom stereocenters. The zero-order valence-corrected chi connectivity index (χ0v) is 8.65. The molecule has 7 heteroatoms. The molecule has 0 bridgehead atoms. The molecule has 18 heavy (non-hydrogen) atoms. The largest absolute Gasteiger partial charge is 0.478 e. The van der Waals surface area contributed by atoms with Crippen LogP contribution in [0.5, 0.6) is 0 Å². The molecule has 0 unspecified atom stereocenters. The van der Waals surface area contributed by atoms with Crippen LogP contribution >= 0.6 is 0 Å². The number of carboxylic acid groups (broad SMARTS) is 2. The molecule has 92 valence electrons. The fraction of sp³-hybridized carbons (Fsp3) is 0. The summed E-state index contributed by atoms with van der Waals surface area (Å²) in [5.41, 5.74) is -1.52. The number of hydrogen-bond donors (Lipinski definition) is 2. The van der Waals surface area contributed by atoms with Crippen molar-refractivity contribution in [2.24, 2.45) is 0 Å². The molecule has 1 heterocycles. The number of fused-ring (bicyclic) bond motifs is 1. The van der Waals surface area contributed by atoms with Crippen LogP contribution in [0.3, 0.4) is 0 Å². The molecule has 0 spiro atoms. The maximum atomic E-state index is 13.5. The summed E-state index contributed by atoms with van der Waals surface area (Å²) in [7, 11) is 0. The summed E-state index contributed by atoms with van der Waals surface area (Å²) >= 11 is 0. The lowest BCUT2D eigenvalue weighted by Crippen LogP contribution is -2.07. The van der Waals surface area contributed by atoms with Crippen LogP contribution in [0.4, 0.5) is 8.78 Å². The summed E-state index contributed by atoms with van der Waals surface area (Å²) < 4.78 is 26.5. The number of benzene rings is 1. The van der Waals surface area contributed by atoms with Crippen molar-refractivity contribution in [2.75, 3.05) is 0 Å². The van der Waals surface area contributed by atoms with Crippen molar-refractivity contribution in [2.45, 2.75) is 0 Å². The second-order valence-electron chi connectivity index (χ2n) is 3.45. The highest BCUT2D eigenvalue weighted by Crippen LogP contribution is 2.23. The van der Waals surface area contributed by atoms with Crippen LogP contribution in [0.2, 0.25) is 0 Å². The van der Waals surface area contributed by atoms with Crippen LogP contribution in [0.1, 0.15) is 20.8 Å². The topological polar surface area (TPSA) is 87.5 Å². The van der Waals surface area contributed by atoms with Crippen molar-refractivity contribution in [1.82, 2.24) is 4.98 Å². The first kappa shape index (κ1) is 11.9. The smallest absolute Gasteiger partial charge is 0.354 e. The summed E-state index contributed by atoms with van der Waals surface area (Å²) in [5.74, 6) is -5.07. The minimum atomic E-state index is -1.52. The van der Waals surface area contributed by atoms with Crippen LogP contribution in [0, 0.1) is 11.6 Å². The average Bonchev–Trinajstić information content (AvgIpc) is 2.26. The lowest BCUT2D eigenvalue weighted by Gasteiger charge is -2.05. The van der Waals surface area contributed by atoms with Gasteiger partial charge in [-0.1, -0.05) is 0 Å². The van der Waals surface area contributed by atoms with Crippen molar-refractivity contribution in [3.8, 4) is 0 Å². The van der Waals surface area contributed by atoms with Crippen LogP contribution in [0.25, 0.3) is 10.9 Å². The van der Waals surface area contributed by atoms with E-state index in [-0.39, 0.29) is 5.52 Å². The third-order valence-corrected chi connectivity index (χ3v) is 2.28. The van der Waals surface area contributed by atoms with Gasteiger partial charge in [0.05, 0.1) is 16.5 Å². The highest BCUT2D eigenvalue weighted by molar-refractivity contribution is 6.05. The number of pyridine rings is 1. The van der Waals surface area contributed by atoms with Gasteiger partial charge in [-0.05, 0) is 6.07 Å². The van der Waals surface area contributed by atoms with E-state index in [1.807, 2.05) is 0 Å². The maximum Gasteiger partial charge on any atom is 0.354 e. The van der Waals surface area contributed by atoms with Gasteiger partial charge in [0.1, 0.15) is 17.3 Å². The predicted octanol–water partition coefficient (Wildman–Crippen LogP) is 1.91. The van der Waals surface area contributed by atoms with E-state index >= 15 is 0 Å². The first-order chi connectivity index (χ1) is 8.40. The van der Waals surface area contributed by atoms with E-state index in [0.29, 0.717) is 6.07 Å². The maximum absolute atomic E-state index is 13.5. The quantitative estimate of drug-likeness (QED) is 0.853. The van der Waals surface area contributed by atoms with Gasteiger partial charge in [-0.25, -0.2) is 23.4 Å². The first-order valence-corrected chi connectivity index (χ1v) is 4.66. The Morgan fingerprint density at radius 2 is 1.72 bits per heavy atom. The number of aromatic carboxylic acids is 2. The number of carbonyl (C=O) groups is 2. The van der Waals surface area contributed by atoms with E-state index in [1.165, 1.54) is 0 Å². The van der Waals surface area contributed by atoms with Crippen molar-refractivity contribution in [3.63, 3.8) is 0 Å². The van der Waals surface area contributed by atoms with E-state index in [9.17, 15) is 18.4 Å². The molecule has 0 aliphatic heterocycles. The van der Waals surface area contributed by atoms with Gasteiger partial charge in [-0.15, -0.1) is 0 Å². The Labute approximate surface area is 98.3 Å². The molecule has 0 saturated carbocycles. The Morgan fingerprint density at radius 1 is 1.06 bits per heavy atom. The van der Waals surface area contributed by atoms with Gasteiger partial charge in [0.25, 0.3) is 0 Å². The second kappa shape index (κ2) is 4.02. The molecule has 0 saturated heterocycles. The molecule has 2 aromatic rings. The van der Waals surface area contributed by atoms with Gasteiger partial charge in [0.15, 0.2) is 0 Å². The fourth-order valence-electron chi connectivity index (χ4n) is 1.56. The summed E-state index contributed by atoms with van der Waals surface area (Å²) in [4.78, 5) is 25.2. The van der Waals surface area contributed by atoms with Gasteiger partial charge in [0, 0.05) is 12.1 Å². The normalized spacial score (nSPS) is 10.6. The summed E-state index contributed by atoms with van der Waals surface area (Å²) in [6, 6.07) is 2.02. The van der Waals surface area contributed by atoms with Crippen LogP contribution in [-0.4, -0.2) is 27.1 Å². The molecule has 2 rings (SSSR count). The number of hydrogen-bond acceptors (Lipinski definition) is 3. The predicted molar refractivity (Wildman–Crippen MR) is 55.6 cm³/mol. The van der Waals surface area contributed by atoms with Crippen LogP contribution in [0.15, 0.2) is 18.2 Å². The fourth-order valence-corrected chi connectivity index (χ4v) is 1.56. The van der Waals surface area contributed by atoms with Gasteiger partial charge < -0.3 is 10.2 Å². The SMILES string of the molecule is O=C(O)c1cc(C(=O)O)c2c(F)cc(F)cc2n1. The van der Waals surface area contributed by atoms with Crippen molar-refractivity contribution in [1.29, 1.82) is 0 Å². The lowest BCUT2D eigenvalue weighted by molar-refractivity contribution is 0.0691. The van der Waals surface area contributed by atoms with E-state index < -0.39 is 40.2 Å². The molecular formula is C11H5F2NO4. The summed E-state index contributed by atoms with van der Waals surface area (Å²) in [5, 5.41) is 17.2. The van der Waals surface area contributed by atoms with E-state index in [2.05, 4.69) is 4.98 Å². The number of rotatable bonds is 2. The average molecular weight is 253 g/mol. The minimum Gasteiger partial charge on any atom is -0.478 e. The molecule has 0 amide bonds. The van der Waals surface area contributed by atoms with E-state index in [4.69, 9.17) is 10.2 Å². The molecule has 5 nitrogen and oxygen atoms in total. The second-order valence-corrected chi connectivity index (χ2v) is 3.45. The minimum absolute atomic E-state index is 0.357. The highest BCUT2D eigenvalue weighted by atomic mass is 19.1. The molecule has 0 aliphatic rings. The molecule has 1 aromatic heterocycles. The van der Waals surface area contributed by atoms with Gasteiger partial charge >= 0.3 is 11.9 Å². The van der Waals surface area contributed by atoms with Crippen molar-refractivity contribution in [3.05, 3.63) is 41.1 Å². The zero-order valence-electron chi connectivity index (χ0n) is 8.65. The standard InChI is InChI=1S/C11H5F2NO4/c12-4-1-6(13)9-5(10(15)16)3-8(11(17)18)14-7(9)2-4/h1-3H,(H,15,16)(H,17,18). The number of nitrogens with zero attached hydrogens (tertiary/aromatic N) is 1. The number of aromatic nitrogens is 1. The van der Waals surface area contributed by atoms with Crippen molar-refractivity contribution >= 4 is 22.8 Å². The molecule has 0 radical (unpaired) electrons.